The summed E-state index contributed by atoms with van der Waals surface area (Å²) in [5, 5.41) is 0. The van der Waals surface area contributed by atoms with Crippen LogP contribution in [0.2, 0.25) is 0 Å². The highest BCUT2D eigenvalue weighted by molar-refractivity contribution is 7.90. The molecule has 1 spiro atoms. The number of amides is 2. The number of carbonyl (C=O) groups is 2. The summed E-state index contributed by atoms with van der Waals surface area (Å²) >= 11 is 0. The van der Waals surface area contributed by atoms with E-state index in [9.17, 15) is 18.0 Å². The minimum atomic E-state index is -3.09. The topological polar surface area (TPSA) is 74.8 Å². The Bertz CT molecular complexity index is 506. The van der Waals surface area contributed by atoms with Gasteiger partial charge in [0.1, 0.15) is 9.84 Å². The molecule has 2 fully saturated rings. The normalized spacial score (nSPS) is 22.6. The first-order valence-electron chi connectivity index (χ1n) is 6.90. The van der Waals surface area contributed by atoms with E-state index >= 15 is 0 Å². The molecule has 2 saturated heterocycles. The van der Waals surface area contributed by atoms with E-state index in [4.69, 9.17) is 0 Å². The van der Waals surface area contributed by atoms with Gasteiger partial charge in [-0.1, -0.05) is 0 Å². The summed E-state index contributed by atoms with van der Waals surface area (Å²) < 4.78 is 22.2. The Morgan fingerprint density at radius 2 is 1.90 bits per heavy atom. The van der Waals surface area contributed by atoms with Crippen LogP contribution in [0.4, 0.5) is 0 Å². The molecule has 0 aliphatic carbocycles. The smallest absolute Gasteiger partial charge is 0.223 e. The fourth-order valence-electron chi connectivity index (χ4n) is 3.10. The molecule has 0 N–H and O–H groups in total. The summed E-state index contributed by atoms with van der Waals surface area (Å²) in [6.45, 7) is 2.03. The Hall–Kier alpha value is -1.11. The fourth-order valence-corrected chi connectivity index (χ4v) is 3.64. The Labute approximate surface area is 120 Å². The number of piperidine rings is 1. The first-order chi connectivity index (χ1) is 9.21. The van der Waals surface area contributed by atoms with Gasteiger partial charge in [-0.25, -0.2) is 8.42 Å². The van der Waals surface area contributed by atoms with Crippen molar-refractivity contribution in [2.24, 2.45) is 5.41 Å². The highest BCUT2D eigenvalue weighted by Gasteiger charge is 2.44. The van der Waals surface area contributed by atoms with Crippen LogP contribution in [0.1, 0.15) is 25.7 Å². The van der Waals surface area contributed by atoms with Crippen LogP contribution >= 0.6 is 0 Å². The second-order valence-corrected chi connectivity index (χ2v) is 8.45. The predicted octanol–water partition coefficient (Wildman–Crippen LogP) is -0.108. The van der Waals surface area contributed by atoms with Crippen molar-refractivity contribution in [3.63, 3.8) is 0 Å². The number of hydrogen-bond donors (Lipinski definition) is 0. The molecule has 0 radical (unpaired) electrons. The quantitative estimate of drug-likeness (QED) is 0.729. The first kappa shape index (κ1) is 15.3. The molecule has 2 amide bonds. The second-order valence-electron chi connectivity index (χ2n) is 6.19. The maximum Gasteiger partial charge on any atom is 0.223 e. The van der Waals surface area contributed by atoms with Gasteiger partial charge in [0.15, 0.2) is 0 Å². The molecule has 2 aliphatic heterocycles. The molecule has 114 valence electrons. The third-order valence-electron chi connectivity index (χ3n) is 4.39. The Morgan fingerprint density at radius 1 is 1.30 bits per heavy atom. The lowest BCUT2D eigenvalue weighted by Crippen LogP contribution is -2.44. The predicted molar refractivity (Wildman–Crippen MR) is 74.8 cm³/mol. The lowest BCUT2D eigenvalue weighted by atomic mass is 9.77. The molecular weight excluding hydrogens is 280 g/mol. The van der Waals surface area contributed by atoms with E-state index in [1.165, 1.54) is 0 Å². The van der Waals surface area contributed by atoms with E-state index < -0.39 is 9.84 Å². The lowest BCUT2D eigenvalue weighted by molar-refractivity contribution is -0.133. The van der Waals surface area contributed by atoms with E-state index in [2.05, 4.69) is 0 Å². The van der Waals surface area contributed by atoms with Crippen LogP contribution in [0.25, 0.3) is 0 Å². The molecule has 20 heavy (non-hydrogen) atoms. The van der Waals surface area contributed by atoms with Gasteiger partial charge in [0.25, 0.3) is 0 Å². The number of rotatable bonds is 3. The van der Waals surface area contributed by atoms with Gasteiger partial charge in [-0.3, -0.25) is 9.59 Å². The highest BCUT2D eigenvalue weighted by Crippen LogP contribution is 2.40. The maximum absolute atomic E-state index is 12.0. The van der Waals surface area contributed by atoms with Crippen LogP contribution in [0.3, 0.4) is 0 Å². The Kier molecular flexibility index (Phi) is 4.09. The summed E-state index contributed by atoms with van der Waals surface area (Å²) in [7, 11) is -1.27. The molecule has 7 heteroatoms. The van der Waals surface area contributed by atoms with E-state index in [0.717, 1.165) is 25.6 Å². The molecule has 0 aromatic carbocycles. The SMILES string of the molecule is CN1CC2(CCN(C(=O)CCS(C)(=O)=O)CC2)CC1=O. The largest absolute Gasteiger partial charge is 0.345 e. The first-order valence-corrected chi connectivity index (χ1v) is 8.96. The summed E-state index contributed by atoms with van der Waals surface area (Å²) in [6, 6.07) is 0. The zero-order chi connectivity index (χ0) is 15.0. The van der Waals surface area contributed by atoms with Crippen molar-refractivity contribution in [1.82, 2.24) is 9.80 Å². The summed E-state index contributed by atoms with van der Waals surface area (Å²) in [6.07, 6.45) is 3.44. The third kappa shape index (κ3) is 3.50. The minimum absolute atomic E-state index is 0.0272. The number of sulfone groups is 1. The van der Waals surface area contributed by atoms with Gasteiger partial charge in [-0.05, 0) is 12.8 Å². The van der Waals surface area contributed by atoms with E-state index in [1.807, 2.05) is 7.05 Å². The second kappa shape index (κ2) is 5.35. The van der Waals surface area contributed by atoms with Gasteiger partial charge >= 0.3 is 0 Å². The molecule has 0 atom stereocenters. The molecule has 2 rings (SSSR count). The summed E-state index contributed by atoms with van der Waals surface area (Å²) in [4.78, 5) is 27.1. The molecule has 2 heterocycles. The molecule has 0 aromatic rings. The monoisotopic (exact) mass is 302 g/mol. The Balaban J connectivity index is 1.85. The average molecular weight is 302 g/mol. The number of hydrogen-bond acceptors (Lipinski definition) is 4. The van der Waals surface area contributed by atoms with Gasteiger partial charge in [0, 0.05) is 51.2 Å². The van der Waals surface area contributed by atoms with Gasteiger partial charge in [0.2, 0.25) is 11.8 Å². The average Bonchev–Trinajstić information content (AvgIpc) is 2.61. The van der Waals surface area contributed by atoms with Gasteiger partial charge < -0.3 is 9.80 Å². The molecule has 0 unspecified atom stereocenters. The van der Waals surface area contributed by atoms with Crippen molar-refractivity contribution >= 4 is 21.7 Å². The third-order valence-corrected chi connectivity index (χ3v) is 5.33. The number of carbonyl (C=O) groups excluding carboxylic acids is 2. The summed E-state index contributed by atoms with van der Waals surface area (Å²) in [5.74, 6) is -0.000808. The van der Waals surface area contributed by atoms with Crippen LogP contribution in [0.15, 0.2) is 0 Å². The molecule has 6 nitrogen and oxygen atoms in total. The fraction of sp³-hybridized carbons (Fsp3) is 0.846. The molecule has 0 aromatic heterocycles. The maximum atomic E-state index is 12.0. The van der Waals surface area contributed by atoms with Crippen molar-refractivity contribution in [1.29, 1.82) is 0 Å². The van der Waals surface area contributed by atoms with Crippen LogP contribution in [0.5, 0.6) is 0 Å². The summed E-state index contributed by atoms with van der Waals surface area (Å²) in [5.41, 5.74) is 0.0272. The van der Waals surface area contributed by atoms with Crippen LogP contribution in [-0.4, -0.2) is 68.7 Å². The van der Waals surface area contributed by atoms with E-state index in [-0.39, 0.29) is 29.4 Å². The van der Waals surface area contributed by atoms with E-state index in [0.29, 0.717) is 19.5 Å². The van der Waals surface area contributed by atoms with Crippen LogP contribution < -0.4 is 0 Å². The van der Waals surface area contributed by atoms with Crippen molar-refractivity contribution in [3.05, 3.63) is 0 Å². The van der Waals surface area contributed by atoms with Crippen LogP contribution in [-0.2, 0) is 19.4 Å². The number of likely N-dealkylation sites (tertiary alicyclic amines) is 2. The van der Waals surface area contributed by atoms with Crippen LogP contribution in [0, 0.1) is 5.41 Å². The molecule has 0 saturated carbocycles. The molecule has 2 aliphatic rings. The van der Waals surface area contributed by atoms with Gasteiger partial charge in [0.05, 0.1) is 5.75 Å². The molecular formula is C13H22N2O4S. The standard InChI is InChI=1S/C13H22N2O4S/c1-14-10-13(9-12(14)17)4-6-15(7-5-13)11(16)3-8-20(2,18)19/h3-10H2,1-2H3. The number of nitrogens with zero attached hydrogens (tertiary/aromatic N) is 2. The Morgan fingerprint density at radius 3 is 2.35 bits per heavy atom. The van der Waals surface area contributed by atoms with Crippen molar-refractivity contribution in [2.75, 3.05) is 38.7 Å². The van der Waals surface area contributed by atoms with Gasteiger partial charge in [-0.15, -0.1) is 0 Å². The van der Waals surface area contributed by atoms with Gasteiger partial charge in [-0.2, -0.15) is 0 Å². The molecule has 0 bridgehead atoms. The van der Waals surface area contributed by atoms with Crippen molar-refractivity contribution in [3.8, 4) is 0 Å². The minimum Gasteiger partial charge on any atom is -0.345 e. The van der Waals surface area contributed by atoms with Crippen molar-refractivity contribution in [2.45, 2.75) is 25.7 Å². The zero-order valence-corrected chi connectivity index (χ0v) is 12.9. The zero-order valence-electron chi connectivity index (χ0n) is 12.1. The highest BCUT2D eigenvalue weighted by atomic mass is 32.2. The lowest BCUT2D eigenvalue weighted by Gasteiger charge is -2.38. The van der Waals surface area contributed by atoms with E-state index in [1.54, 1.807) is 9.80 Å². The van der Waals surface area contributed by atoms with Crippen molar-refractivity contribution < 1.29 is 18.0 Å².